The summed E-state index contributed by atoms with van der Waals surface area (Å²) in [4.78, 5) is 19.7. The summed E-state index contributed by atoms with van der Waals surface area (Å²) in [6.45, 7) is 4.83. The minimum absolute atomic E-state index is 0.0343. The van der Waals surface area contributed by atoms with Crippen LogP contribution in [0.5, 0.6) is 5.75 Å². The van der Waals surface area contributed by atoms with Gasteiger partial charge in [-0.1, -0.05) is 48.5 Å². The van der Waals surface area contributed by atoms with Crippen LogP contribution in [0.1, 0.15) is 39.9 Å². The minimum Gasteiger partial charge on any atom is -0.492 e. The number of pyridine rings is 1. The van der Waals surface area contributed by atoms with Gasteiger partial charge in [0.15, 0.2) is 0 Å². The van der Waals surface area contributed by atoms with Gasteiger partial charge in [0.05, 0.1) is 17.9 Å². The van der Waals surface area contributed by atoms with Crippen molar-refractivity contribution in [3.63, 3.8) is 0 Å². The monoisotopic (exact) mass is 413 g/mol. The van der Waals surface area contributed by atoms with Crippen LogP contribution < -0.4 is 10.1 Å². The lowest BCUT2D eigenvalue weighted by Gasteiger charge is -2.38. The molecule has 0 radical (unpaired) electrons. The normalized spacial score (nSPS) is 16.6. The molecule has 1 spiro atoms. The number of amides is 1. The fraction of sp³-hybridized carbons (Fsp3) is 0.308. The standard InChI is InChI=1S/C26H27N3O2/c1-19-15-27-17-21(24(19)28-16-20-7-3-2-4-8-20)25(30)29-13-11-26(12-14-29)18-31-23-10-6-5-9-22(23)26/h2-10,15,17H,11-14,16,18H2,1H3,(H,27,28). The molecule has 1 amide bonds. The number of aromatic nitrogens is 1. The first-order valence-electron chi connectivity index (χ1n) is 10.9. The highest BCUT2D eigenvalue weighted by Crippen LogP contribution is 2.45. The van der Waals surface area contributed by atoms with Crippen molar-refractivity contribution in [3.8, 4) is 5.75 Å². The number of benzene rings is 2. The molecule has 31 heavy (non-hydrogen) atoms. The van der Waals surface area contributed by atoms with Crippen LogP contribution in [0.2, 0.25) is 0 Å². The first kappa shape index (κ1) is 19.6. The van der Waals surface area contributed by atoms with E-state index in [-0.39, 0.29) is 11.3 Å². The SMILES string of the molecule is Cc1cncc(C(=O)N2CCC3(CC2)COc2ccccc23)c1NCc1ccccc1. The van der Waals surface area contributed by atoms with Crippen molar-refractivity contribution >= 4 is 11.6 Å². The Hall–Kier alpha value is -3.34. The zero-order valence-corrected chi connectivity index (χ0v) is 17.8. The van der Waals surface area contributed by atoms with E-state index < -0.39 is 0 Å². The smallest absolute Gasteiger partial charge is 0.257 e. The van der Waals surface area contributed by atoms with Crippen molar-refractivity contribution in [1.29, 1.82) is 0 Å². The summed E-state index contributed by atoms with van der Waals surface area (Å²) in [6.07, 6.45) is 5.34. The number of anilines is 1. The summed E-state index contributed by atoms with van der Waals surface area (Å²) in [6, 6.07) is 18.5. The lowest BCUT2D eigenvalue weighted by molar-refractivity contribution is 0.0647. The molecule has 5 nitrogen and oxygen atoms in total. The third-order valence-electron chi connectivity index (χ3n) is 6.65. The molecule has 1 saturated heterocycles. The number of fused-ring (bicyclic) bond motifs is 2. The lowest BCUT2D eigenvalue weighted by atomic mass is 9.74. The molecule has 0 atom stereocenters. The van der Waals surface area contributed by atoms with Crippen molar-refractivity contribution in [2.24, 2.45) is 0 Å². The van der Waals surface area contributed by atoms with E-state index >= 15 is 0 Å². The summed E-state index contributed by atoms with van der Waals surface area (Å²) >= 11 is 0. The van der Waals surface area contributed by atoms with Gasteiger partial charge in [0.25, 0.3) is 5.91 Å². The van der Waals surface area contributed by atoms with Gasteiger partial charge in [-0.3, -0.25) is 9.78 Å². The van der Waals surface area contributed by atoms with Crippen molar-refractivity contribution < 1.29 is 9.53 Å². The maximum Gasteiger partial charge on any atom is 0.257 e. The van der Waals surface area contributed by atoms with Gasteiger partial charge in [-0.05, 0) is 37.0 Å². The lowest BCUT2D eigenvalue weighted by Crippen LogP contribution is -2.46. The molecule has 0 unspecified atom stereocenters. The van der Waals surface area contributed by atoms with Gasteiger partial charge in [-0.15, -0.1) is 0 Å². The predicted octanol–water partition coefficient (Wildman–Crippen LogP) is 4.57. The molecule has 5 heteroatoms. The van der Waals surface area contributed by atoms with Gasteiger partial charge in [-0.25, -0.2) is 0 Å². The van der Waals surface area contributed by atoms with E-state index in [9.17, 15) is 4.79 Å². The quantitative estimate of drug-likeness (QED) is 0.681. The van der Waals surface area contributed by atoms with Crippen LogP contribution in [0.25, 0.3) is 0 Å². The summed E-state index contributed by atoms with van der Waals surface area (Å²) < 4.78 is 5.96. The van der Waals surface area contributed by atoms with Gasteiger partial charge in [-0.2, -0.15) is 0 Å². The van der Waals surface area contributed by atoms with Crippen LogP contribution in [-0.4, -0.2) is 35.5 Å². The Bertz CT molecular complexity index is 1090. The van der Waals surface area contributed by atoms with Crippen LogP contribution in [0, 0.1) is 6.92 Å². The van der Waals surface area contributed by atoms with E-state index in [1.165, 1.54) is 11.1 Å². The van der Waals surface area contributed by atoms with Crippen LogP contribution in [0.15, 0.2) is 67.0 Å². The first-order valence-corrected chi connectivity index (χ1v) is 10.9. The maximum atomic E-state index is 13.4. The molecule has 3 aromatic rings. The zero-order valence-electron chi connectivity index (χ0n) is 17.8. The van der Waals surface area contributed by atoms with E-state index in [0.717, 1.165) is 42.9 Å². The Morgan fingerprint density at radius 2 is 1.81 bits per heavy atom. The van der Waals surface area contributed by atoms with Gasteiger partial charge in [0.1, 0.15) is 5.75 Å². The number of hydrogen-bond acceptors (Lipinski definition) is 4. The molecule has 0 aliphatic carbocycles. The molecule has 1 N–H and O–H groups in total. The molecule has 2 aliphatic heterocycles. The number of nitrogens with one attached hydrogen (secondary N) is 1. The van der Waals surface area contributed by atoms with Crippen LogP contribution >= 0.6 is 0 Å². The number of piperidine rings is 1. The number of likely N-dealkylation sites (tertiary alicyclic amines) is 1. The van der Waals surface area contributed by atoms with Gasteiger partial charge >= 0.3 is 0 Å². The average molecular weight is 414 g/mol. The maximum absolute atomic E-state index is 13.4. The zero-order chi connectivity index (χ0) is 21.3. The van der Waals surface area contributed by atoms with Crippen molar-refractivity contribution in [1.82, 2.24) is 9.88 Å². The topological polar surface area (TPSA) is 54.5 Å². The summed E-state index contributed by atoms with van der Waals surface area (Å²) in [7, 11) is 0. The van der Waals surface area contributed by atoms with Crippen molar-refractivity contribution in [3.05, 3.63) is 89.2 Å². The van der Waals surface area contributed by atoms with Crippen LogP contribution in [0.4, 0.5) is 5.69 Å². The Morgan fingerprint density at radius 1 is 1.06 bits per heavy atom. The predicted molar refractivity (Wildman–Crippen MR) is 121 cm³/mol. The van der Waals surface area contributed by atoms with E-state index in [1.54, 1.807) is 6.20 Å². The third-order valence-corrected chi connectivity index (χ3v) is 6.65. The summed E-state index contributed by atoms with van der Waals surface area (Å²) in [5.74, 6) is 1.05. The van der Waals surface area contributed by atoms with Crippen molar-refractivity contribution in [2.75, 3.05) is 25.0 Å². The largest absolute Gasteiger partial charge is 0.492 e. The molecule has 0 saturated carbocycles. The number of nitrogens with zero attached hydrogens (tertiary/aromatic N) is 2. The van der Waals surface area contributed by atoms with Crippen LogP contribution in [-0.2, 0) is 12.0 Å². The molecule has 5 rings (SSSR count). The van der Waals surface area contributed by atoms with Gasteiger partial charge < -0.3 is 15.0 Å². The first-order chi connectivity index (χ1) is 15.2. The number of carbonyl (C=O) groups is 1. The van der Waals surface area contributed by atoms with Gasteiger partial charge in [0.2, 0.25) is 0 Å². The fourth-order valence-corrected chi connectivity index (χ4v) is 4.79. The second-order valence-electron chi connectivity index (χ2n) is 8.58. The number of aryl methyl sites for hydroxylation is 1. The molecular formula is C26H27N3O2. The van der Waals surface area contributed by atoms with Gasteiger partial charge in [0, 0.05) is 43.0 Å². The summed E-state index contributed by atoms with van der Waals surface area (Å²) in [5.41, 5.74) is 5.01. The molecular weight excluding hydrogens is 386 g/mol. The Morgan fingerprint density at radius 3 is 2.61 bits per heavy atom. The number of para-hydroxylation sites is 1. The number of ether oxygens (including phenoxy) is 1. The Kier molecular flexibility index (Phi) is 5.10. The highest BCUT2D eigenvalue weighted by molar-refractivity contribution is 6.00. The Labute approximate surface area is 183 Å². The van der Waals surface area contributed by atoms with E-state index in [2.05, 4.69) is 34.6 Å². The third kappa shape index (κ3) is 3.65. The molecule has 3 heterocycles. The Balaban J connectivity index is 1.32. The van der Waals surface area contributed by atoms with E-state index in [4.69, 9.17) is 4.74 Å². The highest BCUT2D eigenvalue weighted by atomic mass is 16.5. The molecule has 1 fully saturated rings. The molecule has 1 aromatic heterocycles. The minimum atomic E-state index is 0.0343. The molecule has 2 aliphatic rings. The number of rotatable bonds is 4. The number of carbonyl (C=O) groups excluding carboxylic acids is 1. The van der Waals surface area contributed by atoms with Crippen molar-refractivity contribution in [2.45, 2.75) is 31.7 Å². The fourth-order valence-electron chi connectivity index (χ4n) is 4.79. The molecule has 158 valence electrons. The van der Waals surface area contributed by atoms with E-state index in [0.29, 0.717) is 18.7 Å². The second kappa shape index (κ2) is 8.06. The van der Waals surface area contributed by atoms with E-state index in [1.807, 2.05) is 48.4 Å². The average Bonchev–Trinajstić information content (AvgIpc) is 3.17. The number of hydrogen-bond donors (Lipinski definition) is 1. The molecule has 0 bridgehead atoms. The molecule has 2 aromatic carbocycles. The van der Waals surface area contributed by atoms with Crippen LogP contribution in [0.3, 0.4) is 0 Å². The highest BCUT2D eigenvalue weighted by Gasteiger charge is 2.43. The summed E-state index contributed by atoms with van der Waals surface area (Å²) in [5, 5.41) is 3.47. The second-order valence-corrected chi connectivity index (χ2v) is 8.58.